The van der Waals surface area contributed by atoms with Crippen LogP contribution in [0.3, 0.4) is 0 Å². The van der Waals surface area contributed by atoms with Crippen LogP contribution < -0.4 is 9.47 Å². The minimum absolute atomic E-state index is 0.0228. The second kappa shape index (κ2) is 7.77. The van der Waals surface area contributed by atoms with Crippen molar-refractivity contribution in [1.82, 2.24) is 4.90 Å². The summed E-state index contributed by atoms with van der Waals surface area (Å²) in [6, 6.07) is 15.2. The Morgan fingerprint density at radius 3 is 2.53 bits per heavy atom. The summed E-state index contributed by atoms with van der Waals surface area (Å²) in [6.45, 7) is 10.1. The summed E-state index contributed by atoms with van der Waals surface area (Å²) in [5, 5.41) is 12.3. The predicted octanol–water partition coefficient (Wildman–Crippen LogP) is 5.51. The minimum atomic E-state index is -0.907. The Morgan fingerprint density at radius 1 is 1.05 bits per heavy atom. The van der Waals surface area contributed by atoms with Gasteiger partial charge < -0.3 is 24.2 Å². The lowest BCUT2D eigenvalue weighted by atomic mass is 9.33. The van der Waals surface area contributed by atoms with Gasteiger partial charge in [0.2, 0.25) is 0 Å². The van der Waals surface area contributed by atoms with Crippen LogP contribution in [-0.2, 0) is 23.2 Å². The molecule has 2 spiro atoms. The Morgan fingerprint density at radius 2 is 1.82 bits per heavy atom. The van der Waals surface area contributed by atoms with E-state index in [0.29, 0.717) is 12.6 Å². The van der Waals surface area contributed by atoms with Gasteiger partial charge in [0, 0.05) is 35.5 Å². The number of likely N-dealkylation sites (tertiary alicyclic amines) is 1. The SMILES string of the molecule is CO[C@]12CC[C@@]3(C[C@@H]1C(C)(O)C(C)(C)C)C1Cc4ccc(OCc5ccccc5)c5c4C3(CCN1C)C2O5. The third-order valence-corrected chi connectivity index (χ3v) is 12.0. The number of likely N-dealkylation sites (N-methyl/N-ethyl adjacent to an activating group) is 1. The molecule has 6 aliphatic rings. The van der Waals surface area contributed by atoms with Crippen LogP contribution in [0.25, 0.3) is 0 Å². The maximum atomic E-state index is 12.3. The number of benzene rings is 2. The zero-order chi connectivity index (χ0) is 26.7. The van der Waals surface area contributed by atoms with Crippen molar-refractivity contribution in [2.24, 2.45) is 16.7 Å². The second-order valence-corrected chi connectivity index (χ2v) is 14.1. The van der Waals surface area contributed by atoms with Crippen LogP contribution in [0.15, 0.2) is 42.5 Å². The molecule has 2 aromatic rings. The molecule has 4 bridgehead atoms. The molecule has 1 N–H and O–H groups in total. The number of fused-ring (bicyclic) bond motifs is 2. The highest BCUT2D eigenvalue weighted by Crippen LogP contribution is 2.77. The van der Waals surface area contributed by atoms with Gasteiger partial charge in [0.05, 0.1) is 5.60 Å². The molecule has 8 rings (SSSR count). The fraction of sp³-hybridized carbons (Fsp3) is 0.636. The maximum Gasteiger partial charge on any atom is 0.166 e. The van der Waals surface area contributed by atoms with Gasteiger partial charge in [-0.2, -0.15) is 0 Å². The maximum absolute atomic E-state index is 12.3. The van der Waals surface area contributed by atoms with Gasteiger partial charge >= 0.3 is 0 Å². The number of piperidine rings is 1. The molecule has 7 atom stereocenters. The van der Waals surface area contributed by atoms with Crippen LogP contribution in [0, 0.1) is 16.7 Å². The lowest BCUT2D eigenvalue weighted by Crippen LogP contribution is -2.83. The molecule has 5 heteroatoms. The first-order valence-electron chi connectivity index (χ1n) is 14.5. The Balaban J connectivity index is 1.41. The highest BCUT2D eigenvalue weighted by molar-refractivity contribution is 5.63. The average Bonchev–Trinajstić information content (AvgIpc) is 3.27. The van der Waals surface area contributed by atoms with E-state index in [2.05, 4.69) is 69.1 Å². The van der Waals surface area contributed by atoms with Gasteiger partial charge in [-0.25, -0.2) is 0 Å². The van der Waals surface area contributed by atoms with Crippen molar-refractivity contribution >= 4 is 0 Å². The summed E-state index contributed by atoms with van der Waals surface area (Å²) in [5.41, 5.74) is 2.14. The third kappa shape index (κ3) is 2.78. The lowest BCUT2D eigenvalue weighted by molar-refractivity contribution is -0.311. The number of ether oxygens (including phenoxy) is 3. The third-order valence-electron chi connectivity index (χ3n) is 12.0. The molecule has 2 aromatic carbocycles. The summed E-state index contributed by atoms with van der Waals surface area (Å²) in [6.07, 6.45) is 4.95. The van der Waals surface area contributed by atoms with Crippen LogP contribution in [0.2, 0.25) is 0 Å². The second-order valence-electron chi connectivity index (χ2n) is 14.1. The first kappa shape index (κ1) is 24.9. The minimum Gasteiger partial charge on any atom is -0.485 e. The zero-order valence-electron chi connectivity index (χ0n) is 23.8. The molecular formula is C33H43NO4. The summed E-state index contributed by atoms with van der Waals surface area (Å²) in [4.78, 5) is 2.61. The summed E-state index contributed by atoms with van der Waals surface area (Å²) in [7, 11) is 4.17. The Hall–Kier alpha value is -2.08. The Kier molecular flexibility index (Phi) is 5.10. The van der Waals surface area contributed by atoms with Gasteiger partial charge in [-0.05, 0) is 75.2 Å². The largest absolute Gasteiger partial charge is 0.485 e. The predicted molar refractivity (Wildman–Crippen MR) is 148 cm³/mol. The van der Waals surface area contributed by atoms with Gasteiger partial charge in [0.15, 0.2) is 11.5 Å². The quantitative estimate of drug-likeness (QED) is 0.567. The first-order valence-corrected chi connectivity index (χ1v) is 14.5. The first-order chi connectivity index (χ1) is 18.0. The molecule has 4 aliphatic carbocycles. The van der Waals surface area contributed by atoms with E-state index in [4.69, 9.17) is 14.2 Å². The fourth-order valence-electron chi connectivity index (χ4n) is 9.70. The molecule has 0 aromatic heterocycles. The topological polar surface area (TPSA) is 51.2 Å². The molecule has 38 heavy (non-hydrogen) atoms. The van der Waals surface area contributed by atoms with E-state index >= 15 is 0 Å². The van der Waals surface area contributed by atoms with Crippen LogP contribution >= 0.6 is 0 Å². The average molecular weight is 518 g/mol. The molecule has 2 aliphatic heterocycles. The monoisotopic (exact) mass is 517 g/mol. The van der Waals surface area contributed by atoms with E-state index in [9.17, 15) is 5.11 Å². The Labute approximate surface area is 227 Å². The van der Waals surface area contributed by atoms with Gasteiger partial charge in [0.1, 0.15) is 18.3 Å². The highest BCUT2D eigenvalue weighted by atomic mass is 16.6. The molecule has 2 heterocycles. The molecule has 5 nitrogen and oxygen atoms in total. The molecule has 0 amide bonds. The van der Waals surface area contributed by atoms with Crippen molar-refractivity contribution in [3.05, 3.63) is 59.2 Å². The van der Waals surface area contributed by atoms with Crippen molar-refractivity contribution in [1.29, 1.82) is 0 Å². The number of methoxy groups -OCH3 is 1. The van der Waals surface area contributed by atoms with Crippen molar-refractivity contribution in [3.63, 3.8) is 0 Å². The number of hydrogen-bond donors (Lipinski definition) is 1. The van der Waals surface area contributed by atoms with Gasteiger partial charge in [0.25, 0.3) is 0 Å². The van der Waals surface area contributed by atoms with Crippen molar-refractivity contribution in [2.75, 3.05) is 20.7 Å². The van der Waals surface area contributed by atoms with Crippen molar-refractivity contribution in [2.45, 2.75) is 95.2 Å². The fourth-order valence-corrected chi connectivity index (χ4v) is 9.70. The van der Waals surface area contributed by atoms with Gasteiger partial charge in [-0.1, -0.05) is 57.2 Å². The molecule has 1 saturated heterocycles. The number of rotatable bonds is 5. The molecule has 204 valence electrons. The zero-order valence-corrected chi connectivity index (χ0v) is 23.8. The van der Waals surface area contributed by atoms with Crippen molar-refractivity contribution in [3.8, 4) is 11.5 Å². The van der Waals surface area contributed by atoms with E-state index in [1.165, 1.54) is 11.1 Å². The van der Waals surface area contributed by atoms with E-state index in [1.807, 2.05) is 20.1 Å². The van der Waals surface area contributed by atoms with E-state index in [1.54, 1.807) is 0 Å². The van der Waals surface area contributed by atoms with Crippen LogP contribution in [-0.4, -0.2) is 54.1 Å². The standard InChI is InChI=1S/C33H43NO4/c1-29(2,3)30(4,35)24-19-31-14-15-33(24,36-6)28-32(31)16-17-34(5)25(31)18-22-12-13-23(27(38-28)26(22)32)37-20-21-10-8-7-9-11-21/h7-13,24-25,28,35H,14-20H2,1-6H3/t24-,25?,28?,30?,31-,32?,33-/m1/s1. The summed E-state index contributed by atoms with van der Waals surface area (Å²) < 4.78 is 20.4. The van der Waals surface area contributed by atoms with Gasteiger partial charge in [-0.15, -0.1) is 0 Å². The van der Waals surface area contributed by atoms with Crippen LogP contribution in [0.1, 0.15) is 70.1 Å². The molecule has 0 radical (unpaired) electrons. The van der Waals surface area contributed by atoms with E-state index in [-0.39, 0.29) is 28.3 Å². The molecule has 3 saturated carbocycles. The molecule has 4 fully saturated rings. The number of nitrogens with zero attached hydrogens (tertiary/aromatic N) is 1. The lowest BCUT2D eigenvalue weighted by Gasteiger charge is -2.75. The number of hydrogen-bond acceptors (Lipinski definition) is 5. The Bertz CT molecular complexity index is 1270. The smallest absolute Gasteiger partial charge is 0.166 e. The summed E-state index contributed by atoms with van der Waals surface area (Å²) >= 11 is 0. The number of aliphatic hydroxyl groups is 1. The van der Waals surface area contributed by atoms with Crippen LogP contribution in [0.4, 0.5) is 0 Å². The van der Waals surface area contributed by atoms with E-state index < -0.39 is 11.2 Å². The van der Waals surface area contributed by atoms with Crippen molar-refractivity contribution < 1.29 is 19.3 Å². The molecule has 4 unspecified atom stereocenters. The molecular weight excluding hydrogens is 474 g/mol. The van der Waals surface area contributed by atoms with E-state index in [0.717, 1.165) is 55.7 Å². The van der Waals surface area contributed by atoms with Gasteiger partial charge in [-0.3, -0.25) is 0 Å². The summed E-state index contributed by atoms with van der Waals surface area (Å²) in [5.74, 6) is 1.76. The van der Waals surface area contributed by atoms with Crippen LogP contribution in [0.5, 0.6) is 11.5 Å². The highest BCUT2D eigenvalue weighted by Gasteiger charge is 2.82. The normalized spacial score (nSPS) is 38.3.